The van der Waals surface area contributed by atoms with E-state index < -0.39 is 11.9 Å². The van der Waals surface area contributed by atoms with Crippen molar-refractivity contribution in [3.8, 4) is 0 Å². The van der Waals surface area contributed by atoms with Gasteiger partial charge in [-0.2, -0.15) is 0 Å². The number of aliphatic hydroxyl groups is 1. The molecule has 0 saturated heterocycles. The molecule has 100 valence electrons. The zero-order valence-corrected chi connectivity index (χ0v) is 12.8. The summed E-state index contributed by atoms with van der Waals surface area (Å²) in [6.45, 7) is 0. The minimum atomic E-state index is -0.951. The second-order valence-corrected chi connectivity index (χ2v) is 5.77. The Labute approximate surface area is 129 Å². The maximum atomic E-state index is 13.7. The van der Waals surface area contributed by atoms with Gasteiger partial charge in [0.25, 0.3) is 0 Å². The van der Waals surface area contributed by atoms with Gasteiger partial charge < -0.3 is 5.11 Å². The molecule has 1 atom stereocenters. The van der Waals surface area contributed by atoms with E-state index in [0.29, 0.717) is 14.5 Å². The van der Waals surface area contributed by atoms with Crippen LogP contribution in [0.15, 0.2) is 40.9 Å². The summed E-state index contributed by atoms with van der Waals surface area (Å²) in [5.41, 5.74) is 1.03. The van der Waals surface area contributed by atoms with Crippen LogP contribution < -0.4 is 0 Å². The minimum absolute atomic E-state index is 0.244. The van der Waals surface area contributed by atoms with Crippen molar-refractivity contribution in [2.75, 3.05) is 0 Å². The predicted octanol–water partition coefficient (Wildman–Crippen LogP) is 5.17. The van der Waals surface area contributed by atoms with Crippen molar-refractivity contribution in [2.24, 2.45) is 0 Å². The number of hydrogen-bond donors (Lipinski definition) is 1. The second kappa shape index (κ2) is 6.23. The van der Waals surface area contributed by atoms with E-state index in [0.717, 1.165) is 5.56 Å². The van der Waals surface area contributed by atoms with Gasteiger partial charge in [-0.25, -0.2) is 4.39 Å². The van der Waals surface area contributed by atoms with E-state index in [1.165, 1.54) is 6.07 Å². The molecule has 1 unspecified atom stereocenters. The zero-order chi connectivity index (χ0) is 14.0. The molecule has 1 nitrogen and oxygen atoms in total. The van der Waals surface area contributed by atoms with Crippen molar-refractivity contribution in [1.29, 1.82) is 0 Å². The summed E-state index contributed by atoms with van der Waals surface area (Å²) in [5.74, 6) is -0.443. The molecule has 19 heavy (non-hydrogen) atoms. The van der Waals surface area contributed by atoms with E-state index in [-0.39, 0.29) is 12.0 Å². The fourth-order valence-corrected chi connectivity index (χ4v) is 2.75. The first-order valence-corrected chi connectivity index (χ1v) is 7.10. The summed E-state index contributed by atoms with van der Waals surface area (Å²) in [7, 11) is 0. The lowest BCUT2D eigenvalue weighted by atomic mass is 10.0. The molecule has 0 saturated carbocycles. The van der Waals surface area contributed by atoms with Crippen molar-refractivity contribution in [3.05, 3.63) is 67.9 Å². The third-order valence-corrected chi connectivity index (χ3v) is 4.18. The van der Waals surface area contributed by atoms with Gasteiger partial charge in [0.1, 0.15) is 5.82 Å². The van der Waals surface area contributed by atoms with Gasteiger partial charge in [-0.05, 0) is 29.8 Å². The van der Waals surface area contributed by atoms with Crippen molar-refractivity contribution in [2.45, 2.75) is 12.5 Å². The fourth-order valence-electron chi connectivity index (χ4n) is 1.82. The van der Waals surface area contributed by atoms with Crippen molar-refractivity contribution < 1.29 is 9.50 Å². The van der Waals surface area contributed by atoms with Crippen LogP contribution in [0.1, 0.15) is 17.2 Å². The van der Waals surface area contributed by atoms with Crippen LogP contribution >= 0.6 is 39.1 Å². The molecule has 2 rings (SSSR count). The SMILES string of the molecule is OC(Cc1ccc(Cl)c(Cl)c1)c1c(F)cccc1Br. The smallest absolute Gasteiger partial charge is 0.130 e. The van der Waals surface area contributed by atoms with Crippen LogP contribution in [-0.2, 0) is 6.42 Å². The molecule has 0 radical (unpaired) electrons. The average molecular weight is 364 g/mol. The third-order valence-electron chi connectivity index (χ3n) is 2.75. The van der Waals surface area contributed by atoms with Gasteiger partial charge in [-0.3, -0.25) is 0 Å². The molecule has 0 heterocycles. The van der Waals surface area contributed by atoms with E-state index in [1.807, 2.05) is 0 Å². The number of benzene rings is 2. The molecule has 0 aliphatic carbocycles. The van der Waals surface area contributed by atoms with Crippen molar-refractivity contribution >= 4 is 39.1 Å². The lowest BCUT2D eigenvalue weighted by molar-refractivity contribution is 0.173. The van der Waals surface area contributed by atoms with Crippen molar-refractivity contribution in [1.82, 2.24) is 0 Å². The van der Waals surface area contributed by atoms with Crippen LogP contribution in [0.5, 0.6) is 0 Å². The van der Waals surface area contributed by atoms with Gasteiger partial charge in [0.2, 0.25) is 0 Å². The number of aliphatic hydroxyl groups excluding tert-OH is 1. The highest BCUT2D eigenvalue weighted by Gasteiger charge is 2.17. The average Bonchev–Trinajstić information content (AvgIpc) is 2.33. The molecule has 0 fully saturated rings. The summed E-state index contributed by atoms with van der Waals surface area (Å²) in [5, 5.41) is 11.0. The largest absolute Gasteiger partial charge is 0.388 e. The first kappa shape index (κ1) is 14.8. The molecule has 0 aliphatic rings. The van der Waals surface area contributed by atoms with Gasteiger partial charge in [-0.15, -0.1) is 0 Å². The van der Waals surface area contributed by atoms with E-state index in [2.05, 4.69) is 15.9 Å². The molecule has 2 aromatic rings. The Morgan fingerprint density at radius 2 is 1.89 bits per heavy atom. The Bertz CT molecular complexity index is 584. The monoisotopic (exact) mass is 362 g/mol. The second-order valence-electron chi connectivity index (χ2n) is 4.10. The van der Waals surface area contributed by atoms with Crippen LogP contribution in [0.2, 0.25) is 10.0 Å². The highest BCUT2D eigenvalue weighted by atomic mass is 79.9. The topological polar surface area (TPSA) is 20.2 Å². The van der Waals surface area contributed by atoms with Gasteiger partial charge >= 0.3 is 0 Å². The Balaban J connectivity index is 2.25. The van der Waals surface area contributed by atoms with Crippen LogP contribution in [0.25, 0.3) is 0 Å². The molecule has 0 bridgehead atoms. The molecular formula is C14H10BrCl2FO. The molecule has 1 N–H and O–H groups in total. The van der Waals surface area contributed by atoms with Gasteiger partial charge in [-0.1, -0.05) is 51.3 Å². The maximum absolute atomic E-state index is 13.7. The van der Waals surface area contributed by atoms with Gasteiger partial charge in [0, 0.05) is 16.5 Å². The molecule has 5 heteroatoms. The third kappa shape index (κ3) is 3.48. The molecule has 2 aromatic carbocycles. The molecular weight excluding hydrogens is 354 g/mol. The Kier molecular flexibility index (Phi) is 4.85. The molecule has 0 aliphatic heterocycles. The van der Waals surface area contributed by atoms with Crippen LogP contribution in [0, 0.1) is 5.82 Å². The molecule has 0 aromatic heterocycles. The van der Waals surface area contributed by atoms with E-state index in [9.17, 15) is 9.50 Å². The number of rotatable bonds is 3. The standard InChI is InChI=1S/C14H10BrCl2FO/c15-9-2-1-3-12(18)14(9)13(19)7-8-4-5-10(16)11(17)6-8/h1-6,13,19H,7H2. The van der Waals surface area contributed by atoms with E-state index in [1.54, 1.807) is 30.3 Å². The maximum Gasteiger partial charge on any atom is 0.130 e. The quantitative estimate of drug-likeness (QED) is 0.797. The normalized spacial score (nSPS) is 12.5. The first-order chi connectivity index (χ1) is 8.99. The van der Waals surface area contributed by atoms with Gasteiger partial charge in [0.15, 0.2) is 0 Å². The highest BCUT2D eigenvalue weighted by molar-refractivity contribution is 9.10. The van der Waals surface area contributed by atoms with Crippen molar-refractivity contribution in [3.63, 3.8) is 0 Å². The van der Waals surface area contributed by atoms with E-state index >= 15 is 0 Å². The summed E-state index contributed by atoms with van der Waals surface area (Å²) >= 11 is 15.0. The lowest BCUT2D eigenvalue weighted by Crippen LogP contribution is -2.05. The Morgan fingerprint density at radius 3 is 2.53 bits per heavy atom. The number of halogens is 4. The first-order valence-electron chi connectivity index (χ1n) is 5.55. The highest BCUT2D eigenvalue weighted by Crippen LogP contribution is 2.30. The van der Waals surface area contributed by atoms with E-state index in [4.69, 9.17) is 23.2 Å². The van der Waals surface area contributed by atoms with Crippen LogP contribution in [0.3, 0.4) is 0 Å². The fraction of sp³-hybridized carbons (Fsp3) is 0.143. The van der Waals surface area contributed by atoms with Crippen LogP contribution in [-0.4, -0.2) is 5.11 Å². The number of hydrogen-bond acceptors (Lipinski definition) is 1. The summed E-state index contributed by atoms with van der Waals surface area (Å²) in [6, 6.07) is 9.67. The molecule has 0 amide bonds. The summed E-state index contributed by atoms with van der Waals surface area (Å²) < 4.78 is 14.3. The Hall–Kier alpha value is -0.610. The Morgan fingerprint density at radius 1 is 1.16 bits per heavy atom. The summed E-state index contributed by atoms with van der Waals surface area (Å²) in [6.07, 6.45) is -0.691. The lowest BCUT2D eigenvalue weighted by Gasteiger charge is -2.14. The van der Waals surface area contributed by atoms with Crippen LogP contribution in [0.4, 0.5) is 4.39 Å². The minimum Gasteiger partial charge on any atom is -0.388 e. The van der Waals surface area contributed by atoms with Gasteiger partial charge in [0.05, 0.1) is 16.1 Å². The molecule has 0 spiro atoms. The summed E-state index contributed by atoms with van der Waals surface area (Å²) in [4.78, 5) is 0. The zero-order valence-electron chi connectivity index (χ0n) is 9.71. The predicted molar refractivity (Wildman–Crippen MR) is 79.2 cm³/mol.